The number of nitrogens with zero attached hydrogens (tertiary/aromatic N) is 1. The molecule has 0 aromatic rings. The first-order valence-corrected chi connectivity index (χ1v) is 7.42. The van der Waals surface area contributed by atoms with Gasteiger partial charge in [-0.2, -0.15) is 0 Å². The SMILES string of the molecule is CC(C)C(C)(C)N1CCNCCNCCNCC1. The summed E-state index contributed by atoms with van der Waals surface area (Å²) < 4.78 is 0. The van der Waals surface area contributed by atoms with Gasteiger partial charge in [0.25, 0.3) is 0 Å². The van der Waals surface area contributed by atoms with Gasteiger partial charge < -0.3 is 16.0 Å². The van der Waals surface area contributed by atoms with Gasteiger partial charge in [-0.1, -0.05) is 13.8 Å². The van der Waals surface area contributed by atoms with Crippen LogP contribution >= 0.6 is 0 Å². The van der Waals surface area contributed by atoms with E-state index in [4.69, 9.17) is 0 Å². The van der Waals surface area contributed by atoms with Gasteiger partial charge in [-0.3, -0.25) is 4.90 Å². The molecule has 0 spiro atoms. The van der Waals surface area contributed by atoms with Crippen LogP contribution in [0.25, 0.3) is 0 Å². The van der Waals surface area contributed by atoms with Crippen molar-refractivity contribution in [2.45, 2.75) is 33.2 Å². The zero-order valence-electron chi connectivity index (χ0n) is 12.7. The Morgan fingerprint density at radius 1 is 0.778 bits per heavy atom. The van der Waals surface area contributed by atoms with Gasteiger partial charge in [0.05, 0.1) is 0 Å². The minimum atomic E-state index is 0.270. The summed E-state index contributed by atoms with van der Waals surface area (Å²) in [4.78, 5) is 2.62. The van der Waals surface area contributed by atoms with Crippen molar-refractivity contribution in [2.24, 2.45) is 5.92 Å². The van der Waals surface area contributed by atoms with E-state index in [1.165, 1.54) is 0 Å². The van der Waals surface area contributed by atoms with Crippen LogP contribution in [-0.4, -0.2) is 62.8 Å². The number of hydrogen-bond donors (Lipinski definition) is 3. The molecule has 108 valence electrons. The first kappa shape index (κ1) is 15.9. The average molecular weight is 256 g/mol. The molecule has 1 rings (SSSR count). The second kappa shape index (κ2) is 8.10. The minimum absolute atomic E-state index is 0.270. The summed E-state index contributed by atoms with van der Waals surface area (Å²) in [6.45, 7) is 18.1. The van der Waals surface area contributed by atoms with E-state index in [2.05, 4.69) is 48.5 Å². The molecule has 1 heterocycles. The second-order valence-electron chi connectivity index (χ2n) is 6.05. The largest absolute Gasteiger partial charge is 0.314 e. The lowest BCUT2D eigenvalue weighted by atomic mass is 9.88. The third-order valence-electron chi connectivity index (χ3n) is 4.30. The van der Waals surface area contributed by atoms with Crippen molar-refractivity contribution >= 4 is 0 Å². The van der Waals surface area contributed by atoms with Crippen LogP contribution in [0.2, 0.25) is 0 Å². The molecule has 1 fully saturated rings. The molecule has 0 bridgehead atoms. The van der Waals surface area contributed by atoms with Gasteiger partial charge in [-0.25, -0.2) is 0 Å². The molecule has 0 aliphatic carbocycles. The number of nitrogens with one attached hydrogen (secondary N) is 3. The second-order valence-corrected chi connectivity index (χ2v) is 6.05. The molecule has 0 saturated carbocycles. The fraction of sp³-hybridized carbons (Fsp3) is 1.00. The molecule has 4 nitrogen and oxygen atoms in total. The van der Waals surface area contributed by atoms with Crippen LogP contribution in [0.4, 0.5) is 0 Å². The highest BCUT2D eigenvalue weighted by molar-refractivity contribution is 4.85. The molecule has 0 radical (unpaired) electrons. The van der Waals surface area contributed by atoms with Gasteiger partial charge in [0.1, 0.15) is 0 Å². The lowest BCUT2D eigenvalue weighted by Crippen LogP contribution is -2.53. The quantitative estimate of drug-likeness (QED) is 0.673. The summed E-state index contributed by atoms with van der Waals surface area (Å²) in [6.07, 6.45) is 0. The Morgan fingerprint density at radius 3 is 1.56 bits per heavy atom. The predicted molar refractivity (Wildman–Crippen MR) is 79.1 cm³/mol. The minimum Gasteiger partial charge on any atom is -0.314 e. The first-order valence-electron chi connectivity index (χ1n) is 7.42. The van der Waals surface area contributed by atoms with Crippen LogP contribution in [0.3, 0.4) is 0 Å². The van der Waals surface area contributed by atoms with Crippen molar-refractivity contribution in [3.05, 3.63) is 0 Å². The standard InChI is InChI=1S/C14H32N4/c1-13(2)14(3,4)18-11-9-16-7-5-15-6-8-17-10-12-18/h13,15-17H,5-12H2,1-4H3. The van der Waals surface area contributed by atoms with Crippen molar-refractivity contribution < 1.29 is 0 Å². The zero-order valence-corrected chi connectivity index (χ0v) is 12.7. The first-order chi connectivity index (χ1) is 8.55. The predicted octanol–water partition coefficient (Wildman–Crippen LogP) is 0.505. The molecule has 1 aliphatic heterocycles. The Labute approximate surface area is 113 Å². The smallest absolute Gasteiger partial charge is 0.0177 e. The highest BCUT2D eigenvalue weighted by Gasteiger charge is 2.29. The lowest BCUT2D eigenvalue weighted by molar-refractivity contribution is 0.0780. The molecule has 0 amide bonds. The molecular formula is C14H32N4. The summed E-state index contributed by atoms with van der Waals surface area (Å²) in [5.74, 6) is 0.673. The fourth-order valence-electron chi connectivity index (χ4n) is 2.21. The van der Waals surface area contributed by atoms with Crippen molar-refractivity contribution in [3.63, 3.8) is 0 Å². The summed E-state index contributed by atoms with van der Waals surface area (Å²) in [5, 5.41) is 10.5. The van der Waals surface area contributed by atoms with Crippen LogP contribution in [0, 0.1) is 5.92 Å². The Kier molecular flexibility index (Phi) is 7.15. The van der Waals surface area contributed by atoms with Gasteiger partial charge in [-0.05, 0) is 19.8 Å². The highest BCUT2D eigenvalue weighted by Crippen LogP contribution is 2.23. The van der Waals surface area contributed by atoms with E-state index < -0.39 is 0 Å². The molecule has 3 N–H and O–H groups in total. The molecular weight excluding hydrogens is 224 g/mol. The van der Waals surface area contributed by atoms with E-state index in [1.54, 1.807) is 0 Å². The third kappa shape index (κ3) is 5.22. The van der Waals surface area contributed by atoms with Crippen molar-refractivity contribution in [3.8, 4) is 0 Å². The van der Waals surface area contributed by atoms with Gasteiger partial charge in [0.15, 0.2) is 0 Å². The van der Waals surface area contributed by atoms with Crippen LogP contribution in [-0.2, 0) is 0 Å². The number of hydrogen-bond acceptors (Lipinski definition) is 4. The molecule has 1 aliphatic rings. The molecule has 0 aromatic heterocycles. The van der Waals surface area contributed by atoms with Crippen molar-refractivity contribution in [2.75, 3.05) is 52.4 Å². The third-order valence-corrected chi connectivity index (χ3v) is 4.30. The average Bonchev–Trinajstić information content (AvgIpc) is 2.29. The molecule has 4 heteroatoms. The van der Waals surface area contributed by atoms with Crippen molar-refractivity contribution in [1.82, 2.24) is 20.9 Å². The van der Waals surface area contributed by atoms with Gasteiger partial charge >= 0.3 is 0 Å². The monoisotopic (exact) mass is 256 g/mol. The lowest BCUT2D eigenvalue weighted by Gasteiger charge is -2.42. The maximum absolute atomic E-state index is 3.52. The van der Waals surface area contributed by atoms with Crippen LogP contribution in [0.1, 0.15) is 27.7 Å². The normalized spacial score (nSPS) is 22.5. The van der Waals surface area contributed by atoms with Gasteiger partial charge in [0, 0.05) is 57.9 Å². The molecule has 0 aromatic carbocycles. The van der Waals surface area contributed by atoms with E-state index in [0.717, 1.165) is 52.4 Å². The van der Waals surface area contributed by atoms with Crippen LogP contribution in [0.15, 0.2) is 0 Å². The van der Waals surface area contributed by atoms with Crippen LogP contribution < -0.4 is 16.0 Å². The number of rotatable bonds is 2. The van der Waals surface area contributed by atoms with Gasteiger partial charge in [0.2, 0.25) is 0 Å². The van der Waals surface area contributed by atoms with Gasteiger partial charge in [-0.15, -0.1) is 0 Å². The summed E-state index contributed by atoms with van der Waals surface area (Å²) in [7, 11) is 0. The van der Waals surface area contributed by atoms with Crippen LogP contribution in [0.5, 0.6) is 0 Å². The van der Waals surface area contributed by atoms with E-state index >= 15 is 0 Å². The molecule has 1 saturated heterocycles. The Balaban J connectivity index is 2.50. The maximum atomic E-state index is 3.52. The Morgan fingerprint density at radius 2 is 1.17 bits per heavy atom. The summed E-state index contributed by atoms with van der Waals surface area (Å²) in [5.41, 5.74) is 0.270. The fourth-order valence-corrected chi connectivity index (χ4v) is 2.21. The van der Waals surface area contributed by atoms with E-state index in [0.29, 0.717) is 5.92 Å². The van der Waals surface area contributed by atoms with Crippen molar-refractivity contribution in [1.29, 1.82) is 0 Å². The Hall–Kier alpha value is -0.160. The molecule has 18 heavy (non-hydrogen) atoms. The Bertz CT molecular complexity index is 204. The summed E-state index contributed by atoms with van der Waals surface area (Å²) in [6, 6.07) is 0. The zero-order chi connectivity index (χ0) is 13.4. The topological polar surface area (TPSA) is 39.3 Å². The summed E-state index contributed by atoms with van der Waals surface area (Å²) >= 11 is 0. The molecule has 0 atom stereocenters. The highest BCUT2D eigenvalue weighted by atomic mass is 15.2. The van der Waals surface area contributed by atoms with E-state index in [-0.39, 0.29) is 5.54 Å². The van der Waals surface area contributed by atoms with E-state index in [1.807, 2.05) is 0 Å². The maximum Gasteiger partial charge on any atom is 0.0177 e. The van der Waals surface area contributed by atoms with E-state index in [9.17, 15) is 0 Å². The molecule has 0 unspecified atom stereocenters.